The van der Waals surface area contributed by atoms with Gasteiger partial charge in [-0.05, 0) is 105 Å². The molecule has 13 aromatic rings. The standard InChI is InChI=1S/C60H38N2S/c1-2-10-47(11-3-1)61-55-15-7-4-12-49(55)51-33-28-44(36-57(51)61)45-29-34-52-50-13-5-8-16-56(50)62(58(52)37-45)48-31-26-42(27-32-48)41-20-18-39(19-21-41)40-22-24-43(25-23-40)46-30-35-54-53-14-6-9-17-59(53)63-60(54)38-46/h1-38H. The van der Waals surface area contributed by atoms with E-state index >= 15 is 0 Å². The van der Waals surface area contributed by atoms with E-state index in [0.29, 0.717) is 0 Å². The molecule has 13 rings (SSSR count). The number of nitrogens with zero attached hydrogens (tertiary/aromatic N) is 2. The fourth-order valence-corrected chi connectivity index (χ4v) is 11.0. The van der Waals surface area contributed by atoms with Crippen molar-refractivity contribution in [2.45, 2.75) is 0 Å². The highest BCUT2D eigenvalue weighted by atomic mass is 32.1. The number of hydrogen-bond donors (Lipinski definition) is 0. The first-order valence-corrected chi connectivity index (χ1v) is 22.4. The van der Waals surface area contributed by atoms with Crippen molar-refractivity contribution < 1.29 is 0 Å². The van der Waals surface area contributed by atoms with Gasteiger partial charge in [-0.3, -0.25) is 0 Å². The van der Waals surface area contributed by atoms with Gasteiger partial charge in [-0.1, -0.05) is 170 Å². The van der Waals surface area contributed by atoms with Crippen LogP contribution in [0.15, 0.2) is 231 Å². The molecule has 2 nitrogen and oxygen atoms in total. The Balaban J connectivity index is 0.815. The van der Waals surface area contributed by atoms with Gasteiger partial charge in [0, 0.05) is 53.1 Å². The van der Waals surface area contributed by atoms with Crippen LogP contribution in [0, 0.1) is 0 Å². The lowest BCUT2D eigenvalue weighted by atomic mass is 9.97. The van der Waals surface area contributed by atoms with Crippen molar-refractivity contribution in [3.8, 4) is 55.9 Å². The van der Waals surface area contributed by atoms with Gasteiger partial charge in [0.15, 0.2) is 0 Å². The van der Waals surface area contributed by atoms with Crippen LogP contribution in [-0.4, -0.2) is 9.13 Å². The van der Waals surface area contributed by atoms with Crippen LogP contribution in [0.2, 0.25) is 0 Å². The Morgan fingerprint density at radius 1 is 0.222 bits per heavy atom. The number of para-hydroxylation sites is 3. The summed E-state index contributed by atoms with van der Waals surface area (Å²) in [6.45, 7) is 0. The molecule has 0 fully saturated rings. The summed E-state index contributed by atoms with van der Waals surface area (Å²) < 4.78 is 7.49. The molecule has 0 saturated carbocycles. The molecule has 0 aliphatic rings. The van der Waals surface area contributed by atoms with Crippen LogP contribution in [0.1, 0.15) is 0 Å². The normalized spacial score (nSPS) is 11.8. The van der Waals surface area contributed by atoms with Gasteiger partial charge in [0.05, 0.1) is 22.1 Å². The number of rotatable bonds is 6. The molecule has 0 atom stereocenters. The largest absolute Gasteiger partial charge is 0.309 e. The third kappa shape index (κ3) is 5.85. The first-order chi connectivity index (χ1) is 31.2. The fourth-order valence-electron chi connectivity index (χ4n) is 9.85. The Labute approximate surface area is 368 Å². The number of benzene rings is 10. The summed E-state index contributed by atoms with van der Waals surface area (Å²) >= 11 is 1.87. The van der Waals surface area contributed by atoms with Crippen LogP contribution in [0.3, 0.4) is 0 Å². The van der Waals surface area contributed by atoms with E-state index in [0.717, 1.165) is 5.69 Å². The number of thiophene rings is 1. The van der Waals surface area contributed by atoms with Crippen molar-refractivity contribution in [2.24, 2.45) is 0 Å². The highest BCUT2D eigenvalue weighted by molar-refractivity contribution is 7.25. The summed E-state index contributed by atoms with van der Waals surface area (Å²) in [6, 6.07) is 84.6. The second kappa shape index (κ2) is 14.3. The maximum atomic E-state index is 2.42. The number of fused-ring (bicyclic) bond motifs is 9. The van der Waals surface area contributed by atoms with Crippen LogP contribution in [0.25, 0.3) is 120 Å². The smallest absolute Gasteiger partial charge is 0.0547 e. The Hall–Kier alpha value is -7.98. The SMILES string of the molecule is c1ccc(-n2c3ccccc3c3ccc(-c4ccc5c6ccccc6n(-c6ccc(-c7ccc(-c8ccc(-c9ccc%10c(c9)sc9ccccc9%10)cc8)cc7)cc6)c5c4)cc32)cc1. The summed E-state index contributed by atoms with van der Waals surface area (Å²) in [4.78, 5) is 0. The fraction of sp³-hybridized carbons (Fsp3) is 0. The highest BCUT2D eigenvalue weighted by Gasteiger charge is 2.17. The van der Waals surface area contributed by atoms with Crippen molar-refractivity contribution in [2.75, 3.05) is 0 Å². The zero-order valence-corrected chi connectivity index (χ0v) is 35.1. The Morgan fingerprint density at radius 2 is 0.571 bits per heavy atom. The van der Waals surface area contributed by atoms with E-state index in [9.17, 15) is 0 Å². The minimum Gasteiger partial charge on any atom is -0.309 e. The Bertz CT molecular complexity index is 3870. The van der Waals surface area contributed by atoms with Gasteiger partial charge >= 0.3 is 0 Å². The molecular weight excluding hydrogens is 781 g/mol. The summed E-state index contributed by atoms with van der Waals surface area (Å²) in [5, 5.41) is 7.70. The summed E-state index contributed by atoms with van der Waals surface area (Å²) in [5.74, 6) is 0. The minimum absolute atomic E-state index is 1.14. The second-order valence-electron chi connectivity index (χ2n) is 16.5. The van der Waals surface area contributed by atoms with Gasteiger partial charge in [-0.2, -0.15) is 0 Å². The first kappa shape index (κ1) is 35.7. The van der Waals surface area contributed by atoms with Gasteiger partial charge in [0.2, 0.25) is 0 Å². The van der Waals surface area contributed by atoms with Gasteiger partial charge in [-0.15, -0.1) is 11.3 Å². The average molecular weight is 819 g/mol. The maximum Gasteiger partial charge on any atom is 0.0547 e. The molecule has 0 aliphatic carbocycles. The number of hydrogen-bond acceptors (Lipinski definition) is 1. The first-order valence-electron chi connectivity index (χ1n) is 21.6. The molecule has 10 aromatic carbocycles. The lowest BCUT2D eigenvalue weighted by molar-refractivity contribution is 1.18. The van der Waals surface area contributed by atoms with Crippen LogP contribution in [-0.2, 0) is 0 Å². The van der Waals surface area contributed by atoms with E-state index in [1.807, 2.05) is 11.3 Å². The van der Waals surface area contributed by atoms with E-state index in [2.05, 4.69) is 240 Å². The van der Waals surface area contributed by atoms with Gasteiger partial charge in [0.25, 0.3) is 0 Å². The second-order valence-corrected chi connectivity index (χ2v) is 17.6. The minimum atomic E-state index is 1.14. The molecule has 0 saturated heterocycles. The molecular formula is C60H38N2S. The highest BCUT2D eigenvalue weighted by Crippen LogP contribution is 2.40. The molecule has 0 amide bonds. The molecule has 3 heteroatoms. The molecule has 63 heavy (non-hydrogen) atoms. The monoisotopic (exact) mass is 818 g/mol. The third-order valence-corrected chi connectivity index (χ3v) is 14.1. The predicted octanol–water partition coefficient (Wildman–Crippen LogP) is 16.9. The molecule has 3 aromatic heterocycles. The molecule has 294 valence electrons. The van der Waals surface area contributed by atoms with Crippen molar-refractivity contribution in [3.05, 3.63) is 231 Å². The van der Waals surface area contributed by atoms with E-state index in [4.69, 9.17) is 0 Å². The van der Waals surface area contributed by atoms with Crippen molar-refractivity contribution in [1.29, 1.82) is 0 Å². The molecule has 3 heterocycles. The molecule has 0 bridgehead atoms. The van der Waals surface area contributed by atoms with Crippen LogP contribution in [0.4, 0.5) is 0 Å². The molecule has 0 aliphatic heterocycles. The molecule has 0 spiro atoms. The molecule has 0 N–H and O–H groups in total. The van der Waals surface area contributed by atoms with Gasteiger partial charge < -0.3 is 9.13 Å². The maximum absolute atomic E-state index is 2.42. The van der Waals surface area contributed by atoms with E-state index < -0.39 is 0 Å². The lowest BCUT2D eigenvalue weighted by Crippen LogP contribution is -1.94. The number of aromatic nitrogens is 2. The van der Waals surface area contributed by atoms with Gasteiger partial charge in [-0.25, -0.2) is 0 Å². The molecule has 0 unspecified atom stereocenters. The summed E-state index contributed by atoms with van der Waals surface area (Å²) in [6.07, 6.45) is 0. The lowest BCUT2D eigenvalue weighted by Gasteiger charge is -2.11. The topological polar surface area (TPSA) is 9.86 Å². The van der Waals surface area contributed by atoms with E-state index in [-0.39, 0.29) is 0 Å². The van der Waals surface area contributed by atoms with E-state index in [1.54, 1.807) is 0 Å². The zero-order valence-electron chi connectivity index (χ0n) is 34.2. The Morgan fingerprint density at radius 3 is 1.11 bits per heavy atom. The van der Waals surface area contributed by atoms with Crippen LogP contribution < -0.4 is 0 Å². The quantitative estimate of drug-likeness (QED) is 0.158. The molecule has 0 radical (unpaired) electrons. The Kier molecular flexibility index (Phi) is 8.12. The summed E-state index contributed by atoms with van der Waals surface area (Å²) in [7, 11) is 0. The van der Waals surface area contributed by atoms with E-state index in [1.165, 1.54) is 114 Å². The van der Waals surface area contributed by atoms with Gasteiger partial charge in [0.1, 0.15) is 0 Å². The predicted molar refractivity (Wildman–Crippen MR) is 270 cm³/mol. The van der Waals surface area contributed by atoms with Crippen LogP contribution in [0.5, 0.6) is 0 Å². The van der Waals surface area contributed by atoms with Crippen molar-refractivity contribution >= 4 is 75.1 Å². The average Bonchev–Trinajstić information content (AvgIpc) is 4.01. The van der Waals surface area contributed by atoms with Crippen molar-refractivity contribution in [3.63, 3.8) is 0 Å². The summed E-state index contributed by atoms with van der Waals surface area (Å²) in [5.41, 5.74) is 16.8. The zero-order chi connectivity index (χ0) is 41.4. The van der Waals surface area contributed by atoms with Crippen LogP contribution >= 0.6 is 11.3 Å². The van der Waals surface area contributed by atoms with Crippen molar-refractivity contribution in [1.82, 2.24) is 9.13 Å². The third-order valence-electron chi connectivity index (χ3n) is 13.0.